The van der Waals surface area contributed by atoms with Crippen molar-refractivity contribution < 1.29 is 28.7 Å². The number of nitrogens with zero attached hydrogens (tertiary/aromatic N) is 1. The molecule has 7 heteroatoms. The number of Topliss-reactive ketones (excluding diaryl/α,β-unsaturated/α-hetero) is 1. The van der Waals surface area contributed by atoms with E-state index in [9.17, 15) is 19.2 Å². The van der Waals surface area contributed by atoms with E-state index in [4.69, 9.17) is 9.47 Å². The number of benzene rings is 4. The van der Waals surface area contributed by atoms with Crippen LogP contribution in [0.25, 0.3) is 0 Å². The molecule has 0 saturated carbocycles. The molecule has 0 bridgehead atoms. The van der Waals surface area contributed by atoms with E-state index in [1.165, 1.54) is 25.1 Å². The molecule has 1 heterocycles. The largest absolute Gasteiger partial charge is 0.457 e. The number of para-hydroxylation sites is 1. The lowest BCUT2D eigenvalue weighted by atomic mass is 10.1. The Bertz CT molecular complexity index is 1500. The highest BCUT2D eigenvalue weighted by Crippen LogP contribution is 2.31. The maximum Gasteiger partial charge on any atom is 0.338 e. The first-order valence-corrected chi connectivity index (χ1v) is 11.6. The van der Waals surface area contributed by atoms with Gasteiger partial charge in [0.25, 0.3) is 11.8 Å². The van der Waals surface area contributed by atoms with Crippen molar-refractivity contribution in [2.75, 3.05) is 4.90 Å². The normalized spacial score (nSPS) is 13.2. The van der Waals surface area contributed by atoms with Crippen LogP contribution in [0.1, 0.15) is 48.4 Å². The van der Waals surface area contributed by atoms with Crippen molar-refractivity contribution in [1.82, 2.24) is 0 Å². The molecular formula is C30H21NO6. The van der Waals surface area contributed by atoms with Gasteiger partial charge in [0.15, 0.2) is 6.10 Å². The van der Waals surface area contributed by atoms with E-state index in [0.29, 0.717) is 22.7 Å². The minimum atomic E-state index is -1.02. The van der Waals surface area contributed by atoms with Crippen LogP contribution in [-0.2, 0) is 4.74 Å². The molecule has 0 N–H and O–H groups in total. The molecule has 0 radical (unpaired) electrons. The second-order valence-electron chi connectivity index (χ2n) is 8.39. The van der Waals surface area contributed by atoms with Gasteiger partial charge < -0.3 is 9.47 Å². The zero-order valence-corrected chi connectivity index (χ0v) is 19.8. The van der Waals surface area contributed by atoms with E-state index < -0.39 is 23.9 Å². The molecule has 182 valence electrons. The molecule has 4 aromatic rings. The van der Waals surface area contributed by atoms with E-state index in [1.807, 2.05) is 30.3 Å². The Labute approximate surface area is 212 Å². The molecule has 0 spiro atoms. The maximum atomic E-state index is 13.1. The SMILES string of the molecule is C[C@@H](OC(=O)c1ccc2c(c1)C(=O)N(c1ccc(Oc3ccccc3)cc1)C2=O)C(=O)c1ccccc1. The van der Waals surface area contributed by atoms with Crippen molar-refractivity contribution in [2.24, 2.45) is 0 Å². The molecule has 5 rings (SSSR count). The summed E-state index contributed by atoms with van der Waals surface area (Å²) in [6.07, 6.45) is -1.02. The molecule has 4 aromatic carbocycles. The van der Waals surface area contributed by atoms with Gasteiger partial charge in [0.05, 0.1) is 22.4 Å². The third kappa shape index (κ3) is 4.75. The van der Waals surface area contributed by atoms with Crippen molar-refractivity contribution in [3.63, 3.8) is 0 Å². The molecule has 37 heavy (non-hydrogen) atoms. The highest BCUT2D eigenvalue weighted by molar-refractivity contribution is 6.34. The lowest BCUT2D eigenvalue weighted by molar-refractivity contribution is 0.0318. The van der Waals surface area contributed by atoms with E-state index in [2.05, 4.69) is 0 Å². The number of carbonyl (C=O) groups is 4. The third-order valence-corrected chi connectivity index (χ3v) is 5.91. The van der Waals surface area contributed by atoms with Gasteiger partial charge in [-0.25, -0.2) is 9.69 Å². The number of rotatable bonds is 7. The average molecular weight is 491 g/mol. The Morgan fingerprint density at radius 2 is 1.27 bits per heavy atom. The maximum absolute atomic E-state index is 13.1. The Morgan fingerprint density at radius 3 is 1.95 bits per heavy atom. The smallest absolute Gasteiger partial charge is 0.338 e. The van der Waals surface area contributed by atoms with Crippen LogP contribution >= 0.6 is 0 Å². The summed E-state index contributed by atoms with van der Waals surface area (Å²) < 4.78 is 11.1. The average Bonchev–Trinajstić information content (AvgIpc) is 3.18. The Morgan fingerprint density at radius 1 is 0.676 bits per heavy atom. The van der Waals surface area contributed by atoms with Gasteiger partial charge >= 0.3 is 5.97 Å². The van der Waals surface area contributed by atoms with E-state index in [-0.39, 0.29) is 22.5 Å². The van der Waals surface area contributed by atoms with Crippen molar-refractivity contribution in [2.45, 2.75) is 13.0 Å². The van der Waals surface area contributed by atoms with Gasteiger partial charge in [-0.1, -0.05) is 48.5 Å². The van der Waals surface area contributed by atoms with Gasteiger partial charge in [-0.05, 0) is 61.5 Å². The predicted molar refractivity (Wildman–Crippen MR) is 136 cm³/mol. The Hall–Kier alpha value is -5.04. The number of fused-ring (bicyclic) bond motifs is 1. The van der Waals surface area contributed by atoms with Gasteiger partial charge in [-0.15, -0.1) is 0 Å². The van der Waals surface area contributed by atoms with Crippen LogP contribution in [0.5, 0.6) is 11.5 Å². The van der Waals surface area contributed by atoms with Crippen molar-refractivity contribution >= 4 is 29.3 Å². The van der Waals surface area contributed by atoms with Gasteiger partial charge in [-0.2, -0.15) is 0 Å². The summed E-state index contributed by atoms with van der Waals surface area (Å²) in [5.41, 5.74) is 1.14. The zero-order chi connectivity index (χ0) is 25.9. The summed E-state index contributed by atoms with van der Waals surface area (Å²) in [7, 11) is 0. The molecule has 0 unspecified atom stereocenters. The van der Waals surface area contributed by atoms with Crippen LogP contribution < -0.4 is 9.64 Å². The summed E-state index contributed by atoms with van der Waals surface area (Å²) in [5, 5.41) is 0. The molecule has 1 aliphatic heterocycles. The molecule has 0 saturated heterocycles. The van der Waals surface area contributed by atoms with Crippen LogP contribution in [0.15, 0.2) is 103 Å². The standard InChI is InChI=1S/C30H21NO6/c1-19(27(32)20-8-4-2-5-9-20)36-30(35)21-12-17-25-26(18-21)29(34)31(28(25)33)22-13-15-24(16-14-22)37-23-10-6-3-7-11-23/h2-19H,1H3/t19-/m1/s1. The van der Waals surface area contributed by atoms with Crippen LogP contribution in [0, 0.1) is 0 Å². The van der Waals surface area contributed by atoms with Gasteiger partial charge in [-0.3, -0.25) is 14.4 Å². The number of ether oxygens (including phenoxy) is 2. The van der Waals surface area contributed by atoms with Crippen molar-refractivity contribution in [3.05, 3.63) is 125 Å². The summed E-state index contributed by atoms with van der Waals surface area (Å²) in [5.74, 6) is -0.942. The summed E-state index contributed by atoms with van der Waals surface area (Å²) in [4.78, 5) is 52.4. The topological polar surface area (TPSA) is 90.0 Å². The van der Waals surface area contributed by atoms with E-state index >= 15 is 0 Å². The minimum absolute atomic E-state index is 0.0704. The second kappa shape index (κ2) is 9.91. The highest BCUT2D eigenvalue weighted by atomic mass is 16.5. The first-order chi connectivity index (χ1) is 17.9. The number of imide groups is 1. The van der Waals surface area contributed by atoms with Gasteiger partial charge in [0, 0.05) is 5.56 Å². The summed E-state index contributed by atoms with van der Waals surface area (Å²) in [6, 6.07) is 28.5. The van der Waals surface area contributed by atoms with Crippen LogP contribution in [0.2, 0.25) is 0 Å². The predicted octanol–water partition coefficient (Wildman–Crippen LogP) is 5.71. The van der Waals surface area contributed by atoms with Crippen molar-refractivity contribution in [3.8, 4) is 11.5 Å². The lowest BCUT2D eigenvalue weighted by Gasteiger charge is -2.14. The molecule has 0 fully saturated rings. The monoisotopic (exact) mass is 491 g/mol. The molecule has 1 atom stereocenters. The zero-order valence-electron chi connectivity index (χ0n) is 19.8. The number of hydrogen-bond acceptors (Lipinski definition) is 6. The fourth-order valence-electron chi connectivity index (χ4n) is 4.01. The first-order valence-electron chi connectivity index (χ1n) is 11.6. The second-order valence-corrected chi connectivity index (χ2v) is 8.39. The number of esters is 1. The fraction of sp³-hybridized carbons (Fsp3) is 0.0667. The summed E-state index contributed by atoms with van der Waals surface area (Å²) >= 11 is 0. The third-order valence-electron chi connectivity index (χ3n) is 5.91. The minimum Gasteiger partial charge on any atom is -0.457 e. The van der Waals surface area contributed by atoms with Crippen LogP contribution in [0.4, 0.5) is 5.69 Å². The van der Waals surface area contributed by atoms with E-state index in [0.717, 1.165) is 4.90 Å². The molecule has 0 aliphatic carbocycles. The Balaban J connectivity index is 1.31. The molecule has 7 nitrogen and oxygen atoms in total. The lowest BCUT2D eigenvalue weighted by Crippen LogP contribution is -2.29. The van der Waals surface area contributed by atoms with Gasteiger partial charge in [0.2, 0.25) is 5.78 Å². The Kier molecular flexibility index (Phi) is 6.34. The number of ketones is 1. The highest BCUT2D eigenvalue weighted by Gasteiger charge is 2.37. The molecule has 2 amide bonds. The quantitative estimate of drug-likeness (QED) is 0.187. The number of amides is 2. The molecular weight excluding hydrogens is 470 g/mol. The first kappa shape index (κ1) is 23.7. The van der Waals surface area contributed by atoms with Crippen LogP contribution in [-0.4, -0.2) is 29.7 Å². The number of hydrogen-bond donors (Lipinski definition) is 0. The van der Waals surface area contributed by atoms with Gasteiger partial charge in [0.1, 0.15) is 11.5 Å². The molecule has 1 aliphatic rings. The summed E-state index contributed by atoms with van der Waals surface area (Å²) in [6.45, 7) is 1.49. The van der Waals surface area contributed by atoms with Crippen LogP contribution in [0.3, 0.4) is 0 Å². The number of carbonyl (C=O) groups excluding carboxylic acids is 4. The number of anilines is 1. The van der Waals surface area contributed by atoms with Crippen molar-refractivity contribution in [1.29, 1.82) is 0 Å². The van der Waals surface area contributed by atoms with E-state index in [1.54, 1.807) is 54.6 Å². The fourth-order valence-corrected chi connectivity index (χ4v) is 4.01. The molecule has 0 aromatic heterocycles.